The van der Waals surface area contributed by atoms with Crippen LogP contribution in [0.4, 0.5) is 0 Å². The van der Waals surface area contributed by atoms with Crippen molar-refractivity contribution in [3.8, 4) is 0 Å². The largest absolute Gasteiger partial charge is 0.330 e. The fourth-order valence-electron chi connectivity index (χ4n) is 0.870. The van der Waals surface area contributed by atoms with E-state index in [9.17, 15) is 0 Å². The molecule has 2 heteroatoms. The summed E-state index contributed by atoms with van der Waals surface area (Å²) in [5, 5.41) is 0. The molecule has 0 aromatic rings. The van der Waals surface area contributed by atoms with Crippen molar-refractivity contribution in [3.05, 3.63) is 30.7 Å². The Balaban J connectivity index is -0.0000000528. The van der Waals surface area contributed by atoms with Crippen LogP contribution in [0.3, 0.4) is 0 Å². The average Bonchev–Trinajstić information content (AvgIpc) is 2.53. The molecule has 0 unspecified atom stereocenters. The van der Waals surface area contributed by atoms with Gasteiger partial charge in [0.15, 0.2) is 0 Å². The molecule has 1 nitrogen and oxygen atoms in total. The van der Waals surface area contributed by atoms with Crippen molar-refractivity contribution in [3.63, 3.8) is 0 Å². The first kappa shape index (κ1) is 32.5. The zero-order chi connectivity index (χ0) is 15.9. The van der Waals surface area contributed by atoms with Gasteiger partial charge in [-0.05, 0) is 20.6 Å². The first-order chi connectivity index (χ1) is 9.27. The third kappa shape index (κ3) is 51.3. The predicted octanol–water partition coefficient (Wildman–Crippen LogP) is 5.93. The average molecular weight is 358 g/mol. The van der Waals surface area contributed by atoms with Gasteiger partial charge in [0.05, 0.1) is 0 Å². The smallest absolute Gasteiger partial charge is 0 e. The molecule has 0 aromatic carbocycles. The van der Waals surface area contributed by atoms with E-state index >= 15 is 0 Å². The topological polar surface area (TPSA) is 3.24 Å². The molecule has 1 rings (SSSR count). The summed E-state index contributed by atoms with van der Waals surface area (Å²) in [6.45, 7) is 15.3. The van der Waals surface area contributed by atoms with E-state index in [0.717, 1.165) is 6.42 Å². The van der Waals surface area contributed by atoms with E-state index in [0.29, 0.717) is 0 Å². The first-order valence-corrected chi connectivity index (χ1v) is 7.91. The minimum Gasteiger partial charge on any atom is -0.330 e. The molecule has 20 heavy (non-hydrogen) atoms. The van der Waals surface area contributed by atoms with Crippen LogP contribution in [0.25, 0.3) is 0 Å². The summed E-state index contributed by atoms with van der Waals surface area (Å²) in [5.74, 6) is 0. The molecule has 121 valence electrons. The summed E-state index contributed by atoms with van der Waals surface area (Å²) in [5.41, 5.74) is 0. The second-order valence-corrected chi connectivity index (χ2v) is 3.34. The normalized spacial score (nSPS) is 10.1. The number of hydrogen-bond acceptors (Lipinski definition) is 1. The Bertz CT molecular complexity index is 139. The van der Waals surface area contributed by atoms with Gasteiger partial charge in [0, 0.05) is 32.7 Å². The molecule has 1 radical (unpaired) electrons. The van der Waals surface area contributed by atoms with Crippen molar-refractivity contribution >= 4 is 0 Å². The Kier molecular flexibility index (Phi) is 69.4. The van der Waals surface area contributed by atoms with E-state index in [1.165, 1.54) is 19.4 Å². The van der Waals surface area contributed by atoms with E-state index in [-0.39, 0.29) is 32.7 Å². The molecule has 1 aliphatic carbocycles. The zero-order valence-electron chi connectivity index (χ0n) is 15.7. The van der Waals surface area contributed by atoms with Crippen LogP contribution in [0.1, 0.15) is 67.7 Å². The zero-order valence-corrected chi connectivity index (χ0v) is 18.5. The van der Waals surface area contributed by atoms with Crippen LogP contribution in [0, 0.1) is 12.5 Å². The molecule has 0 bridgehead atoms. The van der Waals surface area contributed by atoms with Crippen LogP contribution in [-0.4, -0.2) is 25.5 Å². The number of allylic oxidation sites excluding steroid dienone is 4. The minimum atomic E-state index is 0. The Labute approximate surface area is 156 Å². The summed E-state index contributed by atoms with van der Waals surface area (Å²) in [7, 11) is 4.17. The molecule has 0 fully saturated rings. The van der Waals surface area contributed by atoms with E-state index < -0.39 is 0 Å². The Morgan fingerprint density at radius 2 is 1.55 bits per heavy atom. The summed E-state index contributed by atoms with van der Waals surface area (Å²) in [6.07, 6.45) is 14.9. The molecular weight excluding hydrogens is 319 g/mol. The van der Waals surface area contributed by atoms with Crippen LogP contribution in [0.2, 0.25) is 0 Å². The van der Waals surface area contributed by atoms with Crippen molar-refractivity contribution < 1.29 is 32.7 Å². The van der Waals surface area contributed by atoms with Gasteiger partial charge < -0.3 is 11.3 Å². The van der Waals surface area contributed by atoms with Gasteiger partial charge in [-0.3, -0.25) is 6.08 Å². The van der Waals surface area contributed by atoms with Crippen LogP contribution in [0.5, 0.6) is 0 Å². The third-order valence-electron chi connectivity index (χ3n) is 1.67. The summed E-state index contributed by atoms with van der Waals surface area (Å²) >= 11 is 0. The quantitative estimate of drug-likeness (QED) is 0.565. The van der Waals surface area contributed by atoms with E-state index in [4.69, 9.17) is 0 Å². The Morgan fingerprint density at radius 1 is 1.05 bits per heavy atom. The van der Waals surface area contributed by atoms with E-state index in [1.54, 1.807) is 0 Å². The van der Waals surface area contributed by atoms with Gasteiger partial charge in [-0.25, -0.2) is 12.2 Å². The van der Waals surface area contributed by atoms with Crippen molar-refractivity contribution in [2.24, 2.45) is 0 Å². The molecule has 0 saturated heterocycles. The van der Waals surface area contributed by atoms with Gasteiger partial charge in [0.2, 0.25) is 0 Å². The maximum absolute atomic E-state index is 3.07. The van der Waals surface area contributed by atoms with Gasteiger partial charge >= 0.3 is 0 Å². The molecule has 0 spiro atoms. The molecular formula is C18H39NY-2. The van der Waals surface area contributed by atoms with Crippen LogP contribution < -0.4 is 0 Å². The summed E-state index contributed by atoms with van der Waals surface area (Å²) < 4.78 is 0. The monoisotopic (exact) mass is 358 g/mol. The first-order valence-electron chi connectivity index (χ1n) is 7.91. The molecule has 0 aliphatic heterocycles. The standard InChI is InChI=1S/C6H14N.C6H7.3C2H6.Y/c1-4-5-6-7(2)3;1-2-4-6-5-3-1;3*1-2;/h4H,5-6H2,1-3H3;1-3H,4,6H2;3*1-2H3;/q2*-1;;;;. The molecule has 0 aromatic heterocycles. The minimum absolute atomic E-state index is 0. The number of unbranched alkanes of at least 4 members (excludes halogenated alkanes) is 1. The number of hydrogen-bond donors (Lipinski definition) is 0. The summed E-state index contributed by atoms with van der Waals surface area (Å²) in [4.78, 5) is 2.18. The summed E-state index contributed by atoms with van der Waals surface area (Å²) in [6, 6.07) is 0. The van der Waals surface area contributed by atoms with Gasteiger partial charge in [-0.2, -0.15) is 19.4 Å². The van der Waals surface area contributed by atoms with Crippen molar-refractivity contribution in [2.75, 3.05) is 20.6 Å². The van der Waals surface area contributed by atoms with Crippen LogP contribution >= 0.6 is 0 Å². The SMILES string of the molecule is CC.CC.CC.C[CH-]CCN(C)C.[C-]1=CC=CCC1.[Y]. The molecule has 0 saturated carbocycles. The van der Waals surface area contributed by atoms with E-state index in [1.807, 2.05) is 53.7 Å². The molecule has 0 amide bonds. The second-order valence-electron chi connectivity index (χ2n) is 3.34. The molecule has 1 aliphatic rings. The third-order valence-corrected chi connectivity index (χ3v) is 1.67. The number of nitrogens with zero attached hydrogens (tertiary/aromatic N) is 1. The van der Waals surface area contributed by atoms with Gasteiger partial charge in [0.1, 0.15) is 0 Å². The van der Waals surface area contributed by atoms with Crippen molar-refractivity contribution in [2.45, 2.75) is 67.7 Å². The van der Waals surface area contributed by atoms with E-state index in [2.05, 4.69) is 44.5 Å². The Hall–Kier alpha value is 0.544. The van der Waals surface area contributed by atoms with Crippen molar-refractivity contribution in [1.29, 1.82) is 0 Å². The maximum Gasteiger partial charge on any atom is 0 e. The fraction of sp³-hybridized carbons (Fsp3) is 0.722. The molecule has 0 heterocycles. The Morgan fingerprint density at radius 3 is 1.65 bits per heavy atom. The maximum atomic E-state index is 3.07. The second kappa shape index (κ2) is 42.7. The van der Waals surface area contributed by atoms with Crippen molar-refractivity contribution in [1.82, 2.24) is 4.90 Å². The predicted molar refractivity (Wildman–Crippen MR) is 93.4 cm³/mol. The van der Waals surface area contributed by atoms with Gasteiger partial charge in [0.25, 0.3) is 0 Å². The fourth-order valence-corrected chi connectivity index (χ4v) is 0.870. The van der Waals surface area contributed by atoms with Crippen LogP contribution in [0.15, 0.2) is 18.2 Å². The van der Waals surface area contributed by atoms with Crippen LogP contribution in [-0.2, 0) is 32.7 Å². The van der Waals surface area contributed by atoms with Gasteiger partial charge in [-0.15, -0.1) is 6.42 Å². The number of rotatable bonds is 3. The van der Waals surface area contributed by atoms with Gasteiger partial charge in [-0.1, -0.05) is 48.0 Å². The molecule has 0 atom stereocenters. The molecule has 0 N–H and O–H groups in total.